The number of imide groups is 1. The van der Waals surface area contributed by atoms with Crippen molar-refractivity contribution in [2.75, 3.05) is 25.6 Å². The number of amides is 2. The van der Waals surface area contributed by atoms with E-state index < -0.39 is 17.6 Å². The Labute approximate surface area is 197 Å². The fourth-order valence-electron chi connectivity index (χ4n) is 3.76. The third-order valence-corrected chi connectivity index (χ3v) is 5.52. The van der Waals surface area contributed by atoms with Crippen LogP contribution in [-0.2, 0) is 16.0 Å². The predicted octanol–water partition coefficient (Wildman–Crippen LogP) is 4.67. The Morgan fingerprint density at radius 2 is 1.50 bits per heavy atom. The van der Waals surface area contributed by atoms with Crippen LogP contribution in [0, 0.1) is 5.82 Å². The molecule has 7 heteroatoms. The number of rotatable bonds is 9. The van der Waals surface area contributed by atoms with Crippen molar-refractivity contribution in [1.29, 1.82) is 0 Å². The second kappa shape index (κ2) is 10.2. The summed E-state index contributed by atoms with van der Waals surface area (Å²) in [7, 11) is 1.60. The first kappa shape index (κ1) is 23.0. The molecule has 0 atom stereocenters. The van der Waals surface area contributed by atoms with Crippen molar-refractivity contribution in [3.05, 3.63) is 95.4 Å². The summed E-state index contributed by atoms with van der Waals surface area (Å²) in [6.45, 7) is 2.65. The summed E-state index contributed by atoms with van der Waals surface area (Å²) in [6, 6.07) is 20.1. The third-order valence-electron chi connectivity index (χ3n) is 5.52. The van der Waals surface area contributed by atoms with E-state index >= 15 is 0 Å². The maximum Gasteiger partial charge on any atom is 0.278 e. The highest BCUT2D eigenvalue weighted by molar-refractivity contribution is 6.36. The van der Waals surface area contributed by atoms with Crippen LogP contribution in [0.1, 0.15) is 18.1 Å². The lowest BCUT2D eigenvalue weighted by Gasteiger charge is -2.15. The summed E-state index contributed by atoms with van der Waals surface area (Å²) in [5.41, 5.74) is 2.46. The summed E-state index contributed by atoms with van der Waals surface area (Å²) in [6.07, 6.45) is 0.495. The van der Waals surface area contributed by atoms with E-state index in [1.165, 1.54) is 29.2 Å². The van der Waals surface area contributed by atoms with Crippen LogP contribution in [-0.4, -0.2) is 37.0 Å². The van der Waals surface area contributed by atoms with Gasteiger partial charge in [0.2, 0.25) is 0 Å². The van der Waals surface area contributed by atoms with Crippen LogP contribution < -0.4 is 14.8 Å². The number of carbonyl (C=O) groups excluding carboxylic acids is 2. The molecule has 1 aliphatic rings. The van der Waals surface area contributed by atoms with Gasteiger partial charge in [0.25, 0.3) is 11.8 Å². The van der Waals surface area contributed by atoms with Crippen LogP contribution in [0.3, 0.4) is 0 Å². The zero-order valence-corrected chi connectivity index (χ0v) is 19.0. The molecular weight excluding hydrogens is 435 g/mol. The molecule has 34 heavy (non-hydrogen) atoms. The Kier molecular flexibility index (Phi) is 6.92. The van der Waals surface area contributed by atoms with E-state index in [0.717, 1.165) is 11.3 Å². The summed E-state index contributed by atoms with van der Waals surface area (Å²) < 4.78 is 24.2. The van der Waals surface area contributed by atoms with Crippen molar-refractivity contribution in [2.24, 2.45) is 0 Å². The van der Waals surface area contributed by atoms with Crippen molar-refractivity contribution < 1.29 is 23.5 Å². The Bertz CT molecular complexity index is 1200. The maximum absolute atomic E-state index is 13.5. The molecule has 0 radical (unpaired) electrons. The molecule has 0 fully saturated rings. The van der Waals surface area contributed by atoms with Crippen LogP contribution in [0.25, 0.3) is 5.57 Å². The van der Waals surface area contributed by atoms with E-state index in [4.69, 9.17) is 9.47 Å². The van der Waals surface area contributed by atoms with Gasteiger partial charge in [-0.1, -0.05) is 24.3 Å². The Balaban J connectivity index is 1.60. The molecule has 0 bridgehead atoms. The van der Waals surface area contributed by atoms with Gasteiger partial charge in [-0.05, 0) is 73.0 Å². The minimum Gasteiger partial charge on any atom is -0.497 e. The molecule has 6 nitrogen and oxygen atoms in total. The van der Waals surface area contributed by atoms with Gasteiger partial charge < -0.3 is 14.8 Å². The van der Waals surface area contributed by atoms with E-state index in [1.54, 1.807) is 31.4 Å². The number of nitrogens with zero attached hydrogens (tertiary/aromatic N) is 1. The van der Waals surface area contributed by atoms with E-state index in [9.17, 15) is 14.0 Å². The average molecular weight is 461 g/mol. The van der Waals surface area contributed by atoms with Gasteiger partial charge in [-0.15, -0.1) is 0 Å². The fourth-order valence-corrected chi connectivity index (χ4v) is 3.76. The van der Waals surface area contributed by atoms with Crippen LogP contribution in [0.5, 0.6) is 11.5 Å². The molecule has 3 aromatic rings. The van der Waals surface area contributed by atoms with Crippen LogP contribution in [0.15, 0.2) is 78.5 Å². The summed E-state index contributed by atoms with van der Waals surface area (Å²) >= 11 is 0. The largest absolute Gasteiger partial charge is 0.497 e. The predicted molar refractivity (Wildman–Crippen MR) is 128 cm³/mol. The number of carbonyl (C=O) groups is 2. The highest BCUT2D eigenvalue weighted by atomic mass is 19.1. The number of nitrogens with one attached hydrogen (secondary N) is 1. The molecule has 4 rings (SSSR count). The van der Waals surface area contributed by atoms with Gasteiger partial charge in [0, 0.05) is 12.2 Å². The molecular formula is C27H25FN2O4. The number of methoxy groups -OCH3 is 1. The number of benzene rings is 3. The standard InChI is InChI=1S/C27H25FN2O4/c1-3-34-23-14-10-21(11-15-23)29-25-24(19-6-8-20(28)9-7-19)26(31)30(27(25)32)17-16-18-4-12-22(33-2)13-5-18/h4-15,29H,3,16-17H2,1-2H3. The van der Waals surface area contributed by atoms with E-state index in [0.29, 0.717) is 30.0 Å². The molecule has 0 aromatic heterocycles. The molecule has 0 saturated carbocycles. The lowest BCUT2D eigenvalue weighted by Crippen LogP contribution is -2.34. The average Bonchev–Trinajstić information content (AvgIpc) is 3.08. The number of hydrogen-bond donors (Lipinski definition) is 1. The number of hydrogen-bond acceptors (Lipinski definition) is 5. The maximum atomic E-state index is 13.5. The Morgan fingerprint density at radius 3 is 2.12 bits per heavy atom. The molecule has 1 aliphatic heterocycles. The Hall–Kier alpha value is -4.13. The fraction of sp³-hybridized carbons (Fsp3) is 0.185. The van der Waals surface area contributed by atoms with Gasteiger partial charge in [-0.3, -0.25) is 14.5 Å². The molecule has 1 heterocycles. The highest BCUT2D eigenvalue weighted by Crippen LogP contribution is 2.31. The molecule has 0 saturated heterocycles. The van der Waals surface area contributed by atoms with Crippen molar-refractivity contribution in [1.82, 2.24) is 4.90 Å². The zero-order chi connectivity index (χ0) is 24.1. The van der Waals surface area contributed by atoms with Gasteiger partial charge in [0.15, 0.2) is 0 Å². The SMILES string of the molecule is CCOc1ccc(NC2=C(c3ccc(F)cc3)C(=O)N(CCc3ccc(OC)cc3)C2=O)cc1. The van der Waals surface area contributed by atoms with Crippen molar-refractivity contribution in [3.8, 4) is 11.5 Å². The summed E-state index contributed by atoms with van der Waals surface area (Å²) in [4.78, 5) is 27.9. The van der Waals surface area contributed by atoms with E-state index in [-0.39, 0.29) is 17.8 Å². The molecule has 1 N–H and O–H groups in total. The number of anilines is 1. The van der Waals surface area contributed by atoms with Crippen LogP contribution >= 0.6 is 0 Å². The quantitative estimate of drug-likeness (QED) is 0.470. The highest BCUT2D eigenvalue weighted by Gasteiger charge is 2.39. The molecule has 2 amide bonds. The second-order valence-corrected chi connectivity index (χ2v) is 7.70. The van der Waals surface area contributed by atoms with Crippen molar-refractivity contribution in [2.45, 2.75) is 13.3 Å². The first-order valence-electron chi connectivity index (χ1n) is 11.0. The zero-order valence-electron chi connectivity index (χ0n) is 19.0. The molecule has 0 unspecified atom stereocenters. The monoisotopic (exact) mass is 460 g/mol. The number of halogens is 1. The summed E-state index contributed by atoms with van der Waals surface area (Å²) in [5, 5.41) is 3.10. The molecule has 174 valence electrons. The molecule has 3 aromatic carbocycles. The number of ether oxygens (including phenoxy) is 2. The first-order chi connectivity index (χ1) is 16.5. The smallest absolute Gasteiger partial charge is 0.278 e. The van der Waals surface area contributed by atoms with Gasteiger partial charge in [0.05, 0.1) is 19.3 Å². The van der Waals surface area contributed by atoms with Gasteiger partial charge in [0.1, 0.15) is 23.0 Å². The normalized spacial score (nSPS) is 13.4. The van der Waals surface area contributed by atoms with Crippen molar-refractivity contribution >= 4 is 23.1 Å². The Morgan fingerprint density at radius 1 is 0.853 bits per heavy atom. The van der Waals surface area contributed by atoms with Crippen molar-refractivity contribution in [3.63, 3.8) is 0 Å². The summed E-state index contributed by atoms with van der Waals surface area (Å²) in [5.74, 6) is 0.179. The van der Waals surface area contributed by atoms with Crippen LogP contribution in [0.2, 0.25) is 0 Å². The minimum absolute atomic E-state index is 0.162. The van der Waals surface area contributed by atoms with E-state index in [1.807, 2.05) is 31.2 Å². The lowest BCUT2D eigenvalue weighted by atomic mass is 10.0. The topological polar surface area (TPSA) is 67.9 Å². The van der Waals surface area contributed by atoms with E-state index in [2.05, 4.69) is 5.32 Å². The lowest BCUT2D eigenvalue weighted by molar-refractivity contribution is -0.136. The van der Waals surface area contributed by atoms with Gasteiger partial charge in [-0.25, -0.2) is 4.39 Å². The first-order valence-corrected chi connectivity index (χ1v) is 11.0. The van der Waals surface area contributed by atoms with Gasteiger partial charge >= 0.3 is 0 Å². The second-order valence-electron chi connectivity index (χ2n) is 7.70. The molecule has 0 spiro atoms. The minimum atomic E-state index is -0.424. The van der Waals surface area contributed by atoms with Crippen LogP contribution in [0.4, 0.5) is 10.1 Å². The molecule has 0 aliphatic carbocycles. The third kappa shape index (κ3) is 4.93. The van der Waals surface area contributed by atoms with Gasteiger partial charge in [-0.2, -0.15) is 0 Å².